The Morgan fingerprint density at radius 2 is 2.06 bits per heavy atom. The van der Waals surface area contributed by atoms with Crippen LogP contribution in [-0.2, 0) is 6.54 Å². The quantitative estimate of drug-likeness (QED) is 0.832. The van der Waals surface area contributed by atoms with Crippen molar-refractivity contribution in [2.45, 2.75) is 25.6 Å². The van der Waals surface area contributed by atoms with Gasteiger partial charge in [-0.25, -0.2) is 0 Å². The number of rotatable bonds is 3. The van der Waals surface area contributed by atoms with Crippen molar-refractivity contribution in [1.82, 2.24) is 14.8 Å². The fourth-order valence-electron chi connectivity index (χ4n) is 2.35. The van der Waals surface area contributed by atoms with Crippen molar-refractivity contribution in [3.63, 3.8) is 0 Å². The highest BCUT2D eigenvalue weighted by Crippen LogP contribution is 2.16. The van der Waals surface area contributed by atoms with Crippen LogP contribution >= 0.6 is 0 Å². The first-order valence-electron chi connectivity index (χ1n) is 6.14. The van der Waals surface area contributed by atoms with Crippen LogP contribution in [0.25, 0.3) is 0 Å². The van der Waals surface area contributed by atoms with Crippen LogP contribution in [0.3, 0.4) is 0 Å². The molecule has 2 rings (SSSR count). The Morgan fingerprint density at radius 1 is 1.35 bits per heavy atom. The SMILES string of the molecule is CC1CN(Cc2ccncc2)C(CO)CN1C. The highest BCUT2D eigenvalue weighted by Gasteiger charge is 2.28. The van der Waals surface area contributed by atoms with Gasteiger partial charge in [-0.3, -0.25) is 9.88 Å². The molecule has 1 aliphatic heterocycles. The third kappa shape index (κ3) is 3.03. The minimum Gasteiger partial charge on any atom is -0.395 e. The largest absolute Gasteiger partial charge is 0.395 e. The Labute approximate surface area is 103 Å². The molecule has 2 atom stereocenters. The van der Waals surface area contributed by atoms with E-state index in [0.717, 1.165) is 19.6 Å². The summed E-state index contributed by atoms with van der Waals surface area (Å²) in [4.78, 5) is 8.70. The summed E-state index contributed by atoms with van der Waals surface area (Å²) < 4.78 is 0. The van der Waals surface area contributed by atoms with Gasteiger partial charge in [0, 0.05) is 44.1 Å². The number of hydrogen-bond donors (Lipinski definition) is 1. The number of likely N-dealkylation sites (N-methyl/N-ethyl adjacent to an activating group) is 1. The number of piperazine rings is 1. The molecule has 1 aliphatic rings. The van der Waals surface area contributed by atoms with E-state index in [4.69, 9.17) is 0 Å². The summed E-state index contributed by atoms with van der Waals surface area (Å²) in [7, 11) is 2.12. The first-order valence-corrected chi connectivity index (χ1v) is 6.14. The molecule has 17 heavy (non-hydrogen) atoms. The minimum absolute atomic E-state index is 0.224. The lowest BCUT2D eigenvalue weighted by Crippen LogP contribution is -2.56. The molecule has 1 saturated heterocycles. The van der Waals surface area contributed by atoms with E-state index >= 15 is 0 Å². The van der Waals surface area contributed by atoms with Gasteiger partial charge in [-0.1, -0.05) is 0 Å². The highest BCUT2D eigenvalue weighted by atomic mass is 16.3. The maximum atomic E-state index is 9.46. The summed E-state index contributed by atoms with van der Waals surface area (Å²) in [5.41, 5.74) is 1.26. The second-order valence-electron chi connectivity index (χ2n) is 4.91. The molecule has 0 spiro atoms. The number of aliphatic hydroxyl groups is 1. The molecule has 0 bridgehead atoms. The number of pyridine rings is 1. The Morgan fingerprint density at radius 3 is 2.71 bits per heavy atom. The summed E-state index contributed by atoms with van der Waals surface area (Å²) >= 11 is 0. The van der Waals surface area contributed by atoms with Crippen LogP contribution in [0.4, 0.5) is 0 Å². The molecule has 1 aromatic heterocycles. The average molecular weight is 235 g/mol. The molecule has 0 radical (unpaired) electrons. The van der Waals surface area contributed by atoms with Gasteiger partial charge < -0.3 is 10.0 Å². The predicted octanol–water partition coefficient (Wildman–Crippen LogP) is 0.578. The zero-order valence-corrected chi connectivity index (χ0v) is 10.6. The molecular formula is C13H21N3O. The number of aliphatic hydroxyl groups excluding tert-OH is 1. The molecule has 4 heteroatoms. The molecule has 1 N–H and O–H groups in total. The summed E-state index contributed by atoms with van der Waals surface area (Å²) in [6.45, 7) is 5.29. The van der Waals surface area contributed by atoms with E-state index in [1.54, 1.807) is 0 Å². The number of hydrogen-bond acceptors (Lipinski definition) is 4. The third-order valence-electron chi connectivity index (χ3n) is 3.61. The molecular weight excluding hydrogens is 214 g/mol. The van der Waals surface area contributed by atoms with E-state index < -0.39 is 0 Å². The maximum Gasteiger partial charge on any atom is 0.0599 e. The molecule has 0 amide bonds. The van der Waals surface area contributed by atoms with Gasteiger partial charge >= 0.3 is 0 Å². The van der Waals surface area contributed by atoms with E-state index in [1.807, 2.05) is 24.5 Å². The second kappa shape index (κ2) is 5.58. The second-order valence-corrected chi connectivity index (χ2v) is 4.91. The van der Waals surface area contributed by atoms with Crippen molar-refractivity contribution >= 4 is 0 Å². The fraction of sp³-hybridized carbons (Fsp3) is 0.615. The lowest BCUT2D eigenvalue weighted by molar-refractivity contribution is 0.0174. The fourth-order valence-corrected chi connectivity index (χ4v) is 2.35. The lowest BCUT2D eigenvalue weighted by atomic mass is 10.1. The van der Waals surface area contributed by atoms with Crippen LogP contribution in [0.1, 0.15) is 12.5 Å². The van der Waals surface area contributed by atoms with Crippen molar-refractivity contribution in [1.29, 1.82) is 0 Å². The van der Waals surface area contributed by atoms with Crippen molar-refractivity contribution in [3.05, 3.63) is 30.1 Å². The van der Waals surface area contributed by atoms with Gasteiger partial charge in [-0.2, -0.15) is 0 Å². The highest BCUT2D eigenvalue weighted by molar-refractivity contribution is 5.10. The summed E-state index contributed by atoms with van der Waals surface area (Å²) in [5.74, 6) is 0. The van der Waals surface area contributed by atoms with E-state index in [0.29, 0.717) is 6.04 Å². The van der Waals surface area contributed by atoms with Crippen molar-refractivity contribution in [2.75, 3.05) is 26.7 Å². The van der Waals surface area contributed by atoms with Crippen LogP contribution in [0.5, 0.6) is 0 Å². The van der Waals surface area contributed by atoms with Crippen molar-refractivity contribution in [3.8, 4) is 0 Å². The predicted molar refractivity (Wildman–Crippen MR) is 67.6 cm³/mol. The van der Waals surface area contributed by atoms with Gasteiger partial charge in [0.25, 0.3) is 0 Å². The Kier molecular flexibility index (Phi) is 4.10. The van der Waals surface area contributed by atoms with Gasteiger partial charge in [-0.05, 0) is 31.7 Å². The van der Waals surface area contributed by atoms with Gasteiger partial charge in [0.2, 0.25) is 0 Å². The minimum atomic E-state index is 0.224. The Hall–Kier alpha value is -0.970. The van der Waals surface area contributed by atoms with Gasteiger partial charge in [0.05, 0.1) is 6.61 Å². The normalized spacial score (nSPS) is 27.2. The summed E-state index contributed by atoms with van der Waals surface area (Å²) in [6, 6.07) is 4.86. The molecule has 1 aromatic rings. The number of aromatic nitrogens is 1. The zero-order chi connectivity index (χ0) is 12.3. The van der Waals surface area contributed by atoms with Gasteiger partial charge in [-0.15, -0.1) is 0 Å². The summed E-state index contributed by atoms with van der Waals surface area (Å²) in [5, 5.41) is 9.46. The Balaban J connectivity index is 2.03. The maximum absolute atomic E-state index is 9.46. The first-order chi connectivity index (χ1) is 8.20. The van der Waals surface area contributed by atoms with Gasteiger partial charge in [0.15, 0.2) is 0 Å². The smallest absolute Gasteiger partial charge is 0.0599 e. The first kappa shape index (κ1) is 12.5. The molecule has 4 nitrogen and oxygen atoms in total. The average Bonchev–Trinajstić information content (AvgIpc) is 2.35. The third-order valence-corrected chi connectivity index (χ3v) is 3.61. The van der Waals surface area contributed by atoms with Crippen LogP contribution in [0.15, 0.2) is 24.5 Å². The van der Waals surface area contributed by atoms with E-state index in [-0.39, 0.29) is 12.6 Å². The standard InChI is InChI=1S/C13H21N3O/c1-11-7-16(13(10-17)9-15(11)2)8-12-3-5-14-6-4-12/h3-6,11,13,17H,7-10H2,1-2H3. The van der Waals surface area contributed by atoms with Crippen molar-refractivity contribution < 1.29 is 5.11 Å². The van der Waals surface area contributed by atoms with Crippen LogP contribution < -0.4 is 0 Å². The number of nitrogens with zero attached hydrogens (tertiary/aromatic N) is 3. The molecule has 2 heterocycles. The zero-order valence-electron chi connectivity index (χ0n) is 10.6. The van der Waals surface area contributed by atoms with Crippen molar-refractivity contribution in [2.24, 2.45) is 0 Å². The van der Waals surface area contributed by atoms with E-state index in [1.165, 1.54) is 5.56 Å². The molecule has 0 aliphatic carbocycles. The molecule has 0 saturated carbocycles. The van der Waals surface area contributed by atoms with E-state index in [2.05, 4.69) is 28.8 Å². The molecule has 2 unspecified atom stereocenters. The van der Waals surface area contributed by atoms with Crippen LogP contribution in [0, 0.1) is 0 Å². The lowest BCUT2D eigenvalue weighted by Gasteiger charge is -2.43. The molecule has 1 fully saturated rings. The molecule has 94 valence electrons. The van der Waals surface area contributed by atoms with Crippen LogP contribution in [-0.4, -0.2) is 58.7 Å². The van der Waals surface area contributed by atoms with Gasteiger partial charge in [0.1, 0.15) is 0 Å². The van der Waals surface area contributed by atoms with E-state index in [9.17, 15) is 5.11 Å². The van der Waals surface area contributed by atoms with Crippen LogP contribution in [0.2, 0.25) is 0 Å². The Bertz CT molecular complexity index is 344. The summed E-state index contributed by atoms with van der Waals surface area (Å²) in [6.07, 6.45) is 3.64. The monoisotopic (exact) mass is 235 g/mol. The topological polar surface area (TPSA) is 39.6 Å². The molecule has 0 aromatic carbocycles.